The predicted octanol–water partition coefficient (Wildman–Crippen LogP) is 2.23. The average Bonchev–Trinajstić information content (AvgIpc) is 2.27. The van der Waals surface area contributed by atoms with E-state index in [1.807, 2.05) is 18.2 Å². The van der Waals surface area contributed by atoms with E-state index in [1.54, 1.807) is 19.1 Å². The van der Waals surface area contributed by atoms with Gasteiger partial charge in [0, 0.05) is 13.5 Å². The number of carbonyl (C=O) groups excluding carboxylic acids is 1. The normalized spacial score (nSPS) is 10.6. The summed E-state index contributed by atoms with van der Waals surface area (Å²) in [4.78, 5) is 21.5. The number of hydrogen-bond donors (Lipinski definition) is 2. The molecular weight excluding hydrogens is 230 g/mol. The van der Waals surface area contributed by atoms with Gasteiger partial charge in [-0.1, -0.05) is 24.3 Å². The van der Waals surface area contributed by atoms with E-state index in [1.165, 1.54) is 6.92 Å². The van der Waals surface area contributed by atoms with Gasteiger partial charge in [-0.3, -0.25) is 4.79 Å². The Hall–Kier alpha value is -2.10. The maximum atomic E-state index is 10.8. The second-order valence-corrected chi connectivity index (χ2v) is 4.05. The molecule has 0 aromatic heterocycles. The fourth-order valence-electron chi connectivity index (χ4n) is 1.58. The molecule has 0 saturated carbocycles. The van der Waals surface area contributed by atoms with Gasteiger partial charge in [0.05, 0.1) is 5.56 Å². The summed E-state index contributed by atoms with van der Waals surface area (Å²) in [5.74, 6) is -0.946. The zero-order valence-electron chi connectivity index (χ0n) is 10.6. The second kappa shape index (κ2) is 6.59. The standard InChI is InChI=1S/C14H17NO3/c1-10-9-12(6-7-13(10)14(17)18)5-3-4-8-15-11(2)16/h3,5-7,9H,4,8H2,1-2H3,(H,15,16)(H,17,18). The number of carbonyl (C=O) groups is 2. The highest BCUT2D eigenvalue weighted by atomic mass is 16.4. The van der Waals surface area contributed by atoms with Crippen LogP contribution in [-0.2, 0) is 4.79 Å². The number of aromatic carboxylic acids is 1. The first kappa shape index (κ1) is 14.0. The van der Waals surface area contributed by atoms with Crippen LogP contribution in [0, 0.1) is 6.92 Å². The lowest BCUT2D eigenvalue weighted by atomic mass is 10.0. The van der Waals surface area contributed by atoms with Crippen molar-refractivity contribution >= 4 is 18.0 Å². The second-order valence-electron chi connectivity index (χ2n) is 4.05. The highest BCUT2D eigenvalue weighted by Gasteiger charge is 2.05. The summed E-state index contributed by atoms with van der Waals surface area (Å²) in [6.45, 7) is 3.87. The van der Waals surface area contributed by atoms with Crippen molar-refractivity contribution in [2.24, 2.45) is 0 Å². The number of nitrogens with one attached hydrogen (secondary N) is 1. The average molecular weight is 247 g/mol. The van der Waals surface area contributed by atoms with Gasteiger partial charge >= 0.3 is 5.97 Å². The van der Waals surface area contributed by atoms with Crippen molar-refractivity contribution < 1.29 is 14.7 Å². The van der Waals surface area contributed by atoms with Crippen molar-refractivity contribution in [2.75, 3.05) is 6.54 Å². The number of aryl methyl sites for hydroxylation is 1. The van der Waals surface area contributed by atoms with E-state index >= 15 is 0 Å². The summed E-state index contributed by atoms with van der Waals surface area (Å²) >= 11 is 0. The Kier molecular flexibility index (Phi) is 5.11. The number of carboxylic acid groups (broad SMARTS) is 1. The highest BCUT2D eigenvalue weighted by Crippen LogP contribution is 2.12. The van der Waals surface area contributed by atoms with E-state index in [2.05, 4.69) is 5.32 Å². The zero-order chi connectivity index (χ0) is 13.5. The summed E-state index contributed by atoms with van der Waals surface area (Å²) in [7, 11) is 0. The van der Waals surface area contributed by atoms with Crippen molar-refractivity contribution in [3.05, 3.63) is 41.0 Å². The molecule has 0 fully saturated rings. The molecule has 0 heterocycles. The van der Waals surface area contributed by atoms with Crippen LogP contribution in [0.2, 0.25) is 0 Å². The predicted molar refractivity (Wildman–Crippen MR) is 70.5 cm³/mol. The van der Waals surface area contributed by atoms with Crippen molar-refractivity contribution in [3.63, 3.8) is 0 Å². The van der Waals surface area contributed by atoms with Crippen LogP contribution < -0.4 is 5.32 Å². The molecule has 0 aliphatic heterocycles. The van der Waals surface area contributed by atoms with Crippen LogP contribution in [0.5, 0.6) is 0 Å². The molecule has 0 spiro atoms. The van der Waals surface area contributed by atoms with E-state index < -0.39 is 5.97 Å². The molecule has 1 aromatic carbocycles. The monoisotopic (exact) mass is 247 g/mol. The van der Waals surface area contributed by atoms with Gasteiger partial charge in [0.25, 0.3) is 0 Å². The van der Waals surface area contributed by atoms with Crippen LogP contribution in [-0.4, -0.2) is 23.5 Å². The van der Waals surface area contributed by atoms with E-state index in [-0.39, 0.29) is 5.91 Å². The van der Waals surface area contributed by atoms with Gasteiger partial charge in [-0.25, -0.2) is 4.79 Å². The summed E-state index contributed by atoms with van der Waals surface area (Å²) in [6, 6.07) is 5.20. The Morgan fingerprint density at radius 2 is 2.11 bits per heavy atom. The molecular formula is C14H17NO3. The number of benzene rings is 1. The fraction of sp³-hybridized carbons (Fsp3) is 0.286. The molecule has 2 N–H and O–H groups in total. The summed E-state index contributed by atoms with van der Waals surface area (Å²) in [5.41, 5.74) is 2.03. The van der Waals surface area contributed by atoms with E-state index in [4.69, 9.17) is 5.11 Å². The number of amides is 1. The Morgan fingerprint density at radius 1 is 1.39 bits per heavy atom. The molecule has 1 aromatic rings. The molecule has 0 atom stereocenters. The first-order valence-corrected chi connectivity index (χ1v) is 5.75. The van der Waals surface area contributed by atoms with E-state index in [0.717, 1.165) is 17.5 Å². The minimum atomic E-state index is -0.909. The highest BCUT2D eigenvalue weighted by molar-refractivity contribution is 5.89. The third kappa shape index (κ3) is 4.41. The van der Waals surface area contributed by atoms with Crippen LogP contribution in [0.25, 0.3) is 6.08 Å². The lowest BCUT2D eigenvalue weighted by Gasteiger charge is -2.02. The third-order valence-corrected chi connectivity index (χ3v) is 2.48. The van der Waals surface area contributed by atoms with Crippen LogP contribution >= 0.6 is 0 Å². The molecule has 0 saturated heterocycles. The summed E-state index contributed by atoms with van der Waals surface area (Å²) in [6.07, 6.45) is 4.62. The van der Waals surface area contributed by atoms with Gasteiger partial charge in [-0.15, -0.1) is 0 Å². The molecule has 18 heavy (non-hydrogen) atoms. The minimum Gasteiger partial charge on any atom is -0.478 e. The number of rotatable bonds is 5. The molecule has 0 unspecified atom stereocenters. The smallest absolute Gasteiger partial charge is 0.335 e. The Balaban J connectivity index is 2.58. The van der Waals surface area contributed by atoms with E-state index in [0.29, 0.717) is 12.1 Å². The van der Waals surface area contributed by atoms with Gasteiger partial charge < -0.3 is 10.4 Å². The SMILES string of the molecule is CC(=O)NCCC=Cc1ccc(C(=O)O)c(C)c1. The van der Waals surface area contributed by atoms with Gasteiger partial charge in [-0.05, 0) is 30.5 Å². The zero-order valence-corrected chi connectivity index (χ0v) is 10.6. The molecule has 4 nitrogen and oxygen atoms in total. The lowest BCUT2D eigenvalue weighted by Crippen LogP contribution is -2.20. The van der Waals surface area contributed by atoms with Crippen molar-refractivity contribution in [1.82, 2.24) is 5.32 Å². The topological polar surface area (TPSA) is 66.4 Å². The first-order chi connectivity index (χ1) is 8.50. The fourth-order valence-corrected chi connectivity index (χ4v) is 1.58. The van der Waals surface area contributed by atoms with Gasteiger partial charge in [0.2, 0.25) is 5.91 Å². The molecule has 1 amide bonds. The lowest BCUT2D eigenvalue weighted by molar-refractivity contribution is -0.118. The molecule has 0 aliphatic rings. The molecule has 0 radical (unpaired) electrons. The van der Waals surface area contributed by atoms with Crippen molar-refractivity contribution in [3.8, 4) is 0 Å². The Morgan fingerprint density at radius 3 is 2.67 bits per heavy atom. The van der Waals surface area contributed by atoms with Gasteiger partial charge in [0.1, 0.15) is 0 Å². The number of hydrogen-bond acceptors (Lipinski definition) is 2. The first-order valence-electron chi connectivity index (χ1n) is 5.75. The van der Waals surface area contributed by atoms with Gasteiger partial charge in [0.15, 0.2) is 0 Å². The van der Waals surface area contributed by atoms with Crippen molar-refractivity contribution in [1.29, 1.82) is 0 Å². The van der Waals surface area contributed by atoms with Crippen molar-refractivity contribution in [2.45, 2.75) is 20.3 Å². The van der Waals surface area contributed by atoms with Crippen LogP contribution in [0.1, 0.15) is 34.8 Å². The van der Waals surface area contributed by atoms with E-state index in [9.17, 15) is 9.59 Å². The maximum absolute atomic E-state index is 10.8. The largest absolute Gasteiger partial charge is 0.478 e. The van der Waals surface area contributed by atoms with Crippen LogP contribution in [0.4, 0.5) is 0 Å². The number of carboxylic acids is 1. The molecule has 96 valence electrons. The quantitative estimate of drug-likeness (QED) is 0.784. The molecule has 1 rings (SSSR count). The molecule has 0 bridgehead atoms. The Labute approximate surface area is 106 Å². The van der Waals surface area contributed by atoms with Crippen LogP contribution in [0.3, 0.4) is 0 Å². The molecule has 0 aliphatic carbocycles. The van der Waals surface area contributed by atoms with Gasteiger partial charge in [-0.2, -0.15) is 0 Å². The summed E-state index contributed by atoms with van der Waals surface area (Å²) in [5, 5.41) is 11.6. The third-order valence-electron chi connectivity index (χ3n) is 2.48. The Bertz CT molecular complexity index is 478. The van der Waals surface area contributed by atoms with Crippen LogP contribution in [0.15, 0.2) is 24.3 Å². The summed E-state index contributed by atoms with van der Waals surface area (Å²) < 4.78 is 0. The molecule has 4 heteroatoms. The minimum absolute atomic E-state index is 0.0370. The maximum Gasteiger partial charge on any atom is 0.335 e.